The Bertz CT molecular complexity index is 610. The minimum absolute atomic E-state index is 1.19. The van der Waals surface area contributed by atoms with E-state index in [0.717, 1.165) is 0 Å². The molecular weight excluding hydrogens is 285 g/mol. The van der Waals surface area contributed by atoms with Crippen LogP contribution in [0.25, 0.3) is 21.7 Å². The molecule has 1 nitrogen and oxygen atoms in total. The summed E-state index contributed by atoms with van der Waals surface area (Å²) >= 11 is 2.31. The normalized spacial score (nSPS) is 11.2. The number of benzene rings is 2. The van der Waals surface area contributed by atoms with Crippen LogP contribution in [-0.4, -0.2) is 4.98 Å². The molecule has 3 aromatic rings. The molecule has 0 aliphatic rings. The van der Waals surface area contributed by atoms with E-state index in [1.54, 1.807) is 0 Å². The number of halogens is 1. The van der Waals surface area contributed by atoms with Crippen molar-refractivity contribution >= 4 is 44.3 Å². The fourth-order valence-corrected chi connectivity index (χ4v) is 2.45. The van der Waals surface area contributed by atoms with Crippen LogP contribution in [0.4, 0.5) is 0 Å². The summed E-state index contributed by atoms with van der Waals surface area (Å²) in [4.78, 5) is 3.39. The lowest BCUT2D eigenvalue weighted by Crippen LogP contribution is -1.74. The Morgan fingerprint density at radius 3 is 2.64 bits per heavy atom. The van der Waals surface area contributed by atoms with E-state index in [-0.39, 0.29) is 0 Å². The lowest BCUT2D eigenvalue weighted by molar-refractivity contribution is 1.42. The minimum Gasteiger partial charge on any atom is -0.349 e. The lowest BCUT2D eigenvalue weighted by Gasteiger charge is -1.97. The van der Waals surface area contributed by atoms with E-state index in [4.69, 9.17) is 0 Å². The van der Waals surface area contributed by atoms with Crippen LogP contribution < -0.4 is 0 Å². The number of hydrogen-bond donors (Lipinski definition) is 1. The van der Waals surface area contributed by atoms with Crippen molar-refractivity contribution in [1.29, 1.82) is 0 Å². The fraction of sp³-hybridized carbons (Fsp3) is 0. The van der Waals surface area contributed by atoms with Gasteiger partial charge in [0.05, 0.1) is 9.22 Å². The van der Waals surface area contributed by atoms with Crippen molar-refractivity contribution in [2.24, 2.45) is 0 Å². The Hall–Kier alpha value is -1.03. The molecule has 0 bridgehead atoms. The zero-order valence-corrected chi connectivity index (χ0v) is 9.58. The molecule has 2 aromatic carbocycles. The van der Waals surface area contributed by atoms with Crippen molar-refractivity contribution in [3.05, 3.63) is 46.2 Å². The first kappa shape index (κ1) is 8.29. The second-order valence-corrected chi connectivity index (χ2v) is 4.53. The van der Waals surface area contributed by atoms with Gasteiger partial charge >= 0.3 is 0 Å². The Kier molecular flexibility index (Phi) is 1.77. The highest BCUT2D eigenvalue weighted by Crippen LogP contribution is 2.25. The van der Waals surface area contributed by atoms with Crippen LogP contribution in [0.3, 0.4) is 0 Å². The van der Waals surface area contributed by atoms with Gasteiger partial charge in [-0.2, -0.15) is 0 Å². The average Bonchev–Trinajstić information content (AvgIpc) is 2.59. The number of aromatic nitrogens is 1. The standard InChI is InChI=1S/C12H8IN/c13-11-7-9-6-5-8-3-1-2-4-10(8)12(9)14-11/h1-7,14H. The molecule has 2 heteroatoms. The van der Waals surface area contributed by atoms with Crippen molar-refractivity contribution in [2.45, 2.75) is 0 Å². The Labute approximate surface area is 95.3 Å². The van der Waals surface area contributed by atoms with Gasteiger partial charge in [-0.15, -0.1) is 0 Å². The van der Waals surface area contributed by atoms with E-state index in [0.29, 0.717) is 0 Å². The predicted molar refractivity (Wildman–Crippen MR) is 68.5 cm³/mol. The molecule has 68 valence electrons. The molecule has 0 radical (unpaired) electrons. The van der Waals surface area contributed by atoms with Crippen LogP contribution in [0.2, 0.25) is 0 Å². The summed E-state index contributed by atoms with van der Waals surface area (Å²) in [6.45, 7) is 0. The van der Waals surface area contributed by atoms with Gasteiger partial charge in [0.2, 0.25) is 0 Å². The van der Waals surface area contributed by atoms with Gasteiger partial charge in [0.1, 0.15) is 0 Å². The van der Waals surface area contributed by atoms with Crippen molar-refractivity contribution in [1.82, 2.24) is 4.98 Å². The third-order valence-electron chi connectivity index (χ3n) is 2.49. The highest BCUT2D eigenvalue weighted by Gasteiger charge is 2.01. The molecule has 0 amide bonds. The molecule has 0 spiro atoms. The number of aromatic amines is 1. The summed E-state index contributed by atoms with van der Waals surface area (Å²) in [5.74, 6) is 0. The zero-order valence-electron chi connectivity index (χ0n) is 7.42. The molecule has 14 heavy (non-hydrogen) atoms. The lowest BCUT2D eigenvalue weighted by atomic mass is 10.1. The van der Waals surface area contributed by atoms with Crippen molar-refractivity contribution in [3.8, 4) is 0 Å². The predicted octanol–water partition coefficient (Wildman–Crippen LogP) is 3.93. The third kappa shape index (κ3) is 1.14. The maximum Gasteiger partial charge on any atom is 0.0782 e. The van der Waals surface area contributed by atoms with Crippen LogP contribution in [-0.2, 0) is 0 Å². The van der Waals surface area contributed by atoms with Gasteiger partial charge in [-0.05, 0) is 34.0 Å². The van der Waals surface area contributed by atoms with Crippen LogP contribution in [0.5, 0.6) is 0 Å². The van der Waals surface area contributed by atoms with Gasteiger partial charge in [-0.3, -0.25) is 0 Å². The van der Waals surface area contributed by atoms with Gasteiger partial charge in [0.25, 0.3) is 0 Å². The smallest absolute Gasteiger partial charge is 0.0782 e. The highest BCUT2D eigenvalue weighted by molar-refractivity contribution is 14.1. The van der Waals surface area contributed by atoms with E-state index < -0.39 is 0 Å². The van der Waals surface area contributed by atoms with Gasteiger partial charge in [0.15, 0.2) is 0 Å². The first-order valence-electron chi connectivity index (χ1n) is 4.50. The summed E-state index contributed by atoms with van der Waals surface area (Å²) in [6, 6.07) is 14.9. The highest BCUT2D eigenvalue weighted by atomic mass is 127. The van der Waals surface area contributed by atoms with Gasteiger partial charge < -0.3 is 4.98 Å². The Morgan fingerprint density at radius 1 is 0.929 bits per heavy atom. The molecule has 0 fully saturated rings. The summed E-state index contributed by atoms with van der Waals surface area (Å²) in [6.07, 6.45) is 0. The number of rotatable bonds is 0. The molecule has 3 rings (SSSR count). The van der Waals surface area contributed by atoms with Crippen LogP contribution in [0.1, 0.15) is 0 Å². The number of H-pyrrole nitrogens is 1. The topological polar surface area (TPSA) is 15.8 Å². The summed E-state index contributed by atoms with van der Waals surface area (Å²) in [5, 5.41) is 3.87. The van der Waals surface area contributed by atoms with Crippen LogP contribution in [0, 0.1) is 3.70 Å². The van der Waals surface area contributed by atoms with Gasteiger partial charge in [-0.1, -0.05) is 36.4 Å². The Morgan fingerprint density at radius 2 is 1.71 bits per heavy atom. The molecule has 0 saturated heterocycles. The number of nitrogens with one attached hydrogen (secondary N) is 1. The molecule has 0 aliphatic carbocycles. The van der Waals surface area contributed by atoms with E-state index in [1.807, 2.05) is 0 Å². The molecule has 0 aliphatic heterocycles. The van der Waals surface area contributed by atoms with E-state index in [9.17, 15) is 0 Å². The maximum absolute atomic E-state index is 3.39. The molecule has 0 unspecified atom stereocenters. The van der Waals surface area contributed by atoms with Crippen LogP contribution in [0.15, 0.2) is 42.5 Å². The number of fused-ring (bicyclic) bond motifs is 3. The first-order chi connectivity index (χ1) is 6.84. The fourth-order valence-electron chi connectivity index (χ4n) is 1.84. The second kappa shape index (κ2) is 2.98. The summed E-state index contributed by atoms with van der Waals surface area (Å²) in [5.41, 5.74) is 1.24. The van der Waals surface area contributed by atoms with E-state index in [1.165, 1.54) is 25.4 Å². The SMILES string of the molecule is Ic1cc2ccc3ccccc3c2[nH]1. The monoisotopic (exact) mass is 293 g/mol. The Balaban J connectivity index is 2.60. The summed E-state index contributed by atoms with van der Waals surface area (Å²) < 4.78 is 1.19. The molecular formula is C12H8IN. The van der Waals surface area contributed by atoms with E-state index in [2.05, 4.69) is 70.0 Å². The quantitative estimate of drug-likeness (QED) is 0.605. The average molecular weight is 293 g/mol. The van der Waals surface area contributed by atoms with Gasteiger partial charge in [-0.25, -0.2) is 0 Å². The first-order valence-corrected chi connectivity index (χ1v) is 5.58. The van der Waals surface area contributed by atoms with Crippen molar-refractivity contribution < 1.29 is 0 Å². The molecule has 1 N–H and O–H groups in total. The van der Waals surface area contributed by atoms with Gasteiger partial charge in [0, 0.05) is 10.8 Å². The van der Waals surface area contributed by atoms with Crippen molar-refractivity contribution in [3.63, 3.8) is 0 Å². The van der Waals surface area contributed by atoms with Crippen LogP contribution >= 0.6 is 22.6 Å². The largest absolute Gasteiger partial charge is 0.349 e. The summed E-state index contributed by atoms with van der Waals surface area (Å²) in [7, 11) is 0. The zero-order chi connectivity index (χ0) is 9.54. The molecule has 1 heterocycles. The molecule has 1 aromatic heterocycles. The minimum atomic E-state index is 1.19. The molecule has 0 saturated carbocycles. The molecule has 0 atom stereocenters. The van der Waals surface area contributed by atoms with Crippen molar-refractivity contribution in [2.75, 3.05) is 0 Å². The second-order valence-electron chi connectivity index (χ2n) is 3.37. The number of hydrogen-bond acceptors (Lipinski definition) is 0. The maximum atomic E-state index is 3.39. The third-order valence-corrected chi connectivity index (χ3v) is 3.07. The van der Waals surface area contributed by atoms with E-state index >= 15 is 0 Å².